The van der Waals surface area contributed by atoms with Gasteiger partial charge < -0.3 is 4.98 Å². The van der Waals surface area contributed by atoms with Gasteiger partial charge in [-0.2, -0.15) is 0 Å². The largest absolute Gasteiger partial charge is 0.352 e. The van der Waals surface area contributed by atoms with Crippen LogP contribution in [0.5, 0.6) is 0 Å². The van der Waals surface area contributed by atoms with Crippen molar-refractivity contribution in [1.29, 1.82) is 0 Å². The predicted molar refractivity (Wildman–Crippen MR) is 90.7 cm³/mol. The van der Waals surface area contributed by atoms with E-state index in [9.17, 15) is 0 Å². The van der Waals surface area contributed by atoms with Gasteiger partial charge in [-0.25, -0.2) is 4.57 Å². The minimum atomic E-state index is 0.822. The molecule has 3 heteroatoms. The summed E-state index contributed by atoms with van der Waals surface area (Å²) in [5.74, 6) is 1.11. The minimum Gasteiger partial charge on any atom is -0.352 e. The molecule has 0 aliphatic heterocycles. The van der Waals surface area contributed by atoms with E-state index in [0.29, 0.717) is 0 Å². The summed E-state index contributed by atoms with van der Waals surface area (Å²) in [6, 6.07) is 21.1. The highest BCUT2D eigenvalue weighted by Crippen LogP contribution is 2.25. The Labute approximate surface area is 129 Å². The van der Waals surface area contributed by atoms with Crippen molar-refractivity contribution in [1.82, 2.24) is 4.98 Å². The lowest BCUT2D eigenvalue weighted by Gasteiger charge is -2.04. The number of nitrogens with one attached hydrogen (secondary N) is 2. The van der Waals surface area contributed by atoms with Gasteiger partial charge in [0.25, 0.3) is 5.82 Å². The summed E-state index contributed by atoms with van der Waals surface area (Å²) in [6.07, 6.45) is 2.14. The molecule has 0 radical (unpaired) electrons. The summed E-state index contributed by atoms with van der Waals surface area (Å²) in [4.78, 5) is 3.47. The number of hydrogen-bond acceptors (Lipinski definition) is 1. The molecule has 2 N–H and O–H groups in total. The zero-order valence-electron chi connectivity index (χ0n) is 12.5. The molecular formula is C19H18N3+. The first-order valence-electron chi connectivity index (χ1n) is 7.49. The predicted octanol–water partition coefficient (Wildman–Crippen LogP) is 3.76. The third kappa shape index (κ3) is 2.21. The van der Waals surface area contributed by atoms with Crippen molar-refractivity contribution in [2.24, 2.45) is 7.05 Å². The molecule has 0 saturated carbocycles. The highest BCUT2D eigenvalue weighted by atomic mass is 15.1. The van der Waals surface area contributed by atoms with E-state index in [-0.39, 0.29) is 0 Å². The van der Waals surface area contributed by atoms with Crippen LogP contribution < -0.4 is 9.88 Å². The number of aryl methyl sites for hydroxylation is 1. The van der Waals surface area contributed by atoms with Crippen molar-refractivity contribution in [2.75, 3.05) is 5.32 Å². The van der Waals surface area contributed by atoms with Gasteiger partial charge in [-0.1, -0.05) is 48.5 Å². The molecule has 0 fully saturated rings. The maximum Gasteiger partial charge on any atom is 0.275 e. The molecule has 3 nitrogen and oxygen atoms in total. The van der Waals surface area contributed by atoms with Gasteiger partial charge in [-0.05, 0) is 11.6 Å². The van der Waals surface area contributed by atoms with E-state index in [4.69, 9.17) is 0 Å². The molecule has 0 spiro atoms. The lowest BCUT2D eigenvalue weighted by Crippen LogP contribution is -2.31. The number of fused-ring (bicyclic) bond motifs is 3. The third-order valence-electron chi connectivity index (χ3n) is 4.08. The summed E-state index contributed by atoms with van der Waals surface area (Å²) in [6.45, 7) is 0.822. The number of aromatic amines is 1. The third-order valence-corrected chi connectivity index (χ3v) is 4.08. The number of anilines is 1. The average Bonchev–Trinajstić information content (AvgIpc) is 2.91. The standard InChI is InChI=1S/C19H17N3/c1-22-13-18-16(15-9-5-6-10-17(15)21-18)11-19(22)20-12-14-7-3-2-4-8-14/h2-11,13H,12H2,1H3,(H,20,21)/p+1. The maximum absolute atomic E-state index is 3.52. The average molecular weight is 288 g/mol. The summed E-state index contributed by atoms with van der Waals surface area (Å²) >= 11 is 0. The topological polar surface area (TPSA) is 31.7 Å². The Bertz CT molecular complexity index is 939. The lowest BCUT2D eigenvalue weighted by molar-refractivity contribution is -0.656. The van der Waals surface area contributed by atoms with Gasteiger partial charge in [0, 0.05) is 22.4 Å². The van der Waals surface area contributed by atoms with Crippen LogP contribution in [0.15, 0.2) is 66.9 Å². The van der Waals surface area contributed by atoms with E-state index in [1.54, 1.807) is 0 Å². The molecular weight excluding hydrogens is 270 g/mol. The lowest BCUT2D eigenvalue weighted by atomic mass is 10.2. The van der Waals surface area contributed by atoms with Crippen LogP contribution in [0, 0.1) is 0 Å². The van der Waals surface area contributed by atoms with E-state index in [2.05, 4.69) is 82.7 Å². The van der Waals surface area contributed by atoms with Gasteiger partial charge in [0.2, 0.25) is 0 Å². The number of benzene rings is 2. The van der Waals surface area contributed by atoms with E-state index >= 15 is 0 Å². The number of aromatic nitrogens is 2. The van der Waals surface area contributed by atoms with Gasteiger partial charge in [0.15, 0.2) is 0 Å². The molecule has 0 aliphatic rings. The van der Waals surface area contributed by atoms with E-state index in [1.165, 1.54) is 21.9 Å². The zero-order chi connectivity index (χ0) is 14.9. The monoisotopic (exact) mass is 288 g/mol. The number of pyridine rings is 1. The Hall–Kier alpha value is -2.81. The fourth-order valence-corrected chi connectivity index (χ4v) is 2.91. The maximum atomic E-state index is 3.52. The molecule has 2 aromatic carbocycles. The van der Waals surface area contributed by atoms with Crippen LogP contribution in [0.25, 0.3) is 21.8 Å². The molecule has 4 rings (SSSR count). The Balaban J connectivity index is 1.74. The Morgan fingerprint density at radius 2 is 1.68 bits per heavy atom. The molecule has 0 saturated heterocycles. The number of hydrogen-bond donors (Lipinski definition) is 2. The van der Waals surface area contributed by atoms with Gasteiger partial charge >= 0.3 is 0 Å². The number of para-hydroxylation sites is 1. The quantitative estimate of drug-likeness (QED) is 0.553. The first kappa shape index (κ1) is 12.9. The van der Waals surface area contributed by atoms with Crippen LogP contribution in [0.1, 0.15) is 5.56 Å². The highest BCUT2D eigenvalue weighted by molar-refractivity contribution is 6.07. The number of nitrogens with zero attached hydrogens (tertiary/aromatic N) is 1. The van der Waals surface area contributed by atoms with Crippen molar-refractivity contribution in [3.63, 3.8) is 0 Å². The van der Waals surface area contributed by atoms with Gasteiger partial charge in [0.05, 0.1) is 12.6 Å². The zero-order valence-corrected chi connectivity index (χ0v) is 12.5. The Morgan fingerprint density at radius 1 is 0.909 bits per heavy atom. The van der Waals surface area contributed by atoms with Gasteiger partial charge in [-0.3, -0.25) is 5.32 Å². The van der Waals surface area contributed by atoms with E-state index in [1.807, 2.05) is 6.07 Å². The Kier molecular flexibility index (Phi) is 3.04. The Morgan fingerprint density at radius 3 is 2.55 bits per heavy atom. The molecule has 108 valence electrons. The van der Waals surface area contributed by atoms with Crippen LogP contribution in [-0.4, -0.2) is 4.98 Å². The van der Waals surface area contributed by atoms with Crippen LogP contribution in [0.3, 0.4) is 0 Å². The smallest absolute Gasteiger partial charge is 0.275 e. The summed E-state index contributed by atoms with van der Waals surface area (Å²) in [5.41, 5.74) is 3.62. The fourth-order valence-electron chi connectivity index (χ4n) is 2.91. The molecule has 0 unspecified atom stereocenters. The fraction of sp³-hybridized carbons (Fsp3) is 0.105. The molecule has 4 aromatic rings. The van der Waals surface area contributed by atoms with E-state index in [0.717, 1.165) is 17.9 Å². The van der Waals surface area contributed by atoms with Crippen LogP contribution in [0.2, 0.25) is 0 Å². The van der Waals surface area contributed by atoms with Crippen molar-refractivity contribution in [2.45, 2.75) is 6.54 Å². The van der Waals surface area contributed by atoms with Crippen LogP contribution >= 0.6 is 0 Å². The molecule has 22 heavy (non-hydrogen) atoms. The molecule has 0 atom stereocenters. The van der Waals surface area contributed by atoms with Crippen molar-refractivity contribution in [3.8, 4) is 0 Å². The second-order valence-electron chi connectivity index (χ2n) is 5.61. The van der Waals surface area contributed by atoms with Crippen LogP contribution in [0.4, 0.5) is 5.82 Å². The summed E-state index contributed by atoms with van der Waals surface area (Å²) < 4.78 is 2.13. The van der Waals surface area contributed by atoms with Gasteiger partial charge in [-0.15, -0.1) is 0 Å². The summed E-state index contributed by atoms with van der Waals surface area (Å²) in [5, 5.41) is 6.04. The molecule has 2 heterocycles. The molecule has 2 aromatic heterocycles. The number of H-pyrrole nitrogens is 1. The van der Waals surface area contributed by atoms with Crippen molar-refractivity contribution >= 4 is 27.6 Å². The second-order valence-corrected chi connectivity index (χ2v) is 5.61. The van der Waals surface area contributed by atoms with Crippen LogP contribution in [-0.2, 0) is 13.6 Å². The number of rotatable bonds is 3. The normalized spacial score (nSPS) is 11.1. The van der Waals surface area contributed by atoms with Gasteiger partial charge in [0.1, 0.15) is 12.7 Å². The molecule has 0 aliphatic carbocycles. The second kappa shape index (κ2) is 5.19. The molecule has 0 bridgehead atoms. The molecule has 0 amide bonds. The first-order valence-corrected chi connectivity index (χ1v) is 7.49. The highest BCUT2D eigenvalue weighted by Gasteiger charge is 2.11. The van der Waals surface area contributed by atoms with E-state index < -0.39 is 0 Å². The first-order chi connectivity index (χ1) is 10.8. The summed E-state index contributed by atoms with van der Waals surface area (Å²) in [7, 11) is 2.07. The van der Waals surface area contributed by atoms with Crippen molar-refractivity contribution < 1.29 is 4.57 Å². The van der Waals surface area contributed by atoms with Crippen molar-refractivity contribution in [3.05, 3.63) is 72.4 Å². The minimum absolute atomic E-state index is 0.822. The SMILES string of the molecule is C[n+]1cc2[nH]c3ccccc3c2cc1NCc1ccccc1.